The van der Waals surface area contributed by atoms with Crippen molar-refractivity contribution in [1.29, 1.82) is 0 Å². The van der Waals surface area contributed by atoms with Gasteiger partial charge in [0.05, 0.1) is 17.5 Å². The second-order valence-electron chi connectivity index (χ2n) is 8.05. The Kier molecular flexibility index (Phi) is 5.54. The van der Waals surface area contributed by atoms with E-state index >= 15 is 0 Å². The second kappa shape index (κ2) is 8.11. The Labute approximate surface area is 174 Å². The van der Waals surface area contributed by atoms with Crippen molar-refractivity contribution >= 4 is 28.3 Å². The minimum Gasteiger partial charge on any atom is -0.481 e. The molecule has 1 aromatic heterocycles. The molecule has 6 heteroatoms. The normalized spacial score (nSPS) is 24.8. The maximum Gasteiger partial charge on any atom is 0.307 e. The highest BCUT2D eigenvalue weighted by Gasteiger charge is 2.51. The van der Waals surface area contributed by atoms with Crippen LogP contribution in [0.15, 0.2) is 36.4 Å². The second-order valence-corrected chi connectivity index (χ2v) is 9.25. The largest absolute Gasteiger partial charge is 0.481 e. The number of allylic oxidation sites excluding steroid dienone is 2. The zero-order valence-electron chi connectivity index (χ0n) is 16.7. The summed E-state index contributed by atoms with van der Waals surface area (Å²) in [5.74, 6) is -2.30. The first-order chi connectivity index (χ1) is 14.0. The average Bonchev–Trinajstić information content (AvgIpc) is 3.41. The van der Waals surface area contributed by atoms with Crippen LogP contribution in [0.2, 0.25) is 0 Å². The molecule has 1 fully saturated rings. The molecular weight excluding hydrogens is 384 g/mol. The molecule has 0 aliphatic heterocycles. The van der Waals surface area contributed by atoms with Gasteiger partial charge in [0.25, 0.3) is 0 Å². The topological polar surface area (TPSA) is 79.3 Å². The van der Waals surface area contributed by atoms with E-state index in [0.29, 0.717) is 5.13 Å². The fourth-order valence-corrected chi connectivity index (χ4v) is 5.47. The van der Waals surface area contributed by atoms with E-state index in [1.807, 2.05) is 19.1 Å². The van der Waals surface area contributed by atoms with Crippen molar-refractivity contribution in [2.45, 2.75) is 39.5 Å². The van der Waals surface area contributed by atoms with E-state index in [0.717, 1.165) is 29.0 Å². The van der Waals surface area contributed by atoms with Gasteiger partial charge in [-0.15, -0.1) is 11.3 Å². The van der Waals surface area contributed by atoms with Crippen LogP contribution in [0.4, 0.5) is 5.13 Å². The van der Waals surface area contributed by atoms with Crippen molar-refractivity contribution in [2.75, 3.05) is 5.32 Å². The van der Waals surface area contributed by atoms with E-state index in [9.17, 15) is 14.7 Å². The quantitative estimate of drug-likeness (QED) is 0.635. The third-order valence-corrected chi connectivity index (χ3v) is 7.01. The molecule has 1 heterocycles. The third-order valence-electron chi connectivity index (χ3n) is 6.12. The summed E-state index contributed by atoms with van der Waals surface area (Å²) in [4.78, 5) is 30.2. The molecule has 0 radical (unpaired) electrons. The fourth-order valence-electron chi connectivity index (χ4n) is 4.63. The lowest BCUT2D eigenvalue weighted by molar-refractivity contribution is -0.146. The highest BCUT2D eigenvalue weighted by atomic mass is 32.1. The standard InChI is InChI=1S/C23H26N2O3S/c1-3-4-5-14-6-8-15(9-7-14)20-13(2)29-23(24-20)25-21(26)18-16-10-11-17(12-16)19(18)22(27)28/h6-11,16-19H,3-5,12H2,1-2H3,(H,27,28)(H,24,25,26)/t16-,17-,18+,19+/m0/s1. The summed E-state index contributed by atoms with van der Waals surface area (Å²) < 4.78 is 0. The Morgan fingerprint density at radius 3 is 2.52 bits per heavy atom. The number of benzene rings is 1. The van der Waals surface area contributed by atoms with Crippen LogP contribution < -0.4 is 5.32 Å². The number of aromatic nitrogens is 1. The number of carboxylic acid groups (broad SMARTS) is 1. The maximum absolute atomic E-state index is 12.9. The molecule has 0 spiro atoms. The van der Waals surface area contributed by atoms with Crippen LogP contribution >= 0.6 is 11.3 Å². The van der Waals surface area contributed by atoms with Gasteiger partial charge in [0.15, 0.2) is 5.13 Å². The van der Waals surface area contributed by atoms with Gasteiger partial charge in [0.2, 0.25) is 5.91 Å². The molecule has 0 saturated heterocycles. The van der Waals surface area contributed by atoms with Crippen molar-refractivity contribution in [3.63, 3.8) is 0 Å². The SMILES string of the molecule is CCCCc1ccc(-c2nc(NC(=O)[C@H]3[C@H](C(=O)O)[C@H]4C=C[C@H]3C4)sc2C)cc1. The number of anilines is 1. The number of carboxylic acids is 1. The number of carbonyl (C=O) groups is 2. The van der Waals surface area contributed by atoms with E-state index in [1.165, 1.54) is 29.7 Å². The molecule has 4 atom stereocenters. The van der Waals surface area contributed by atoms with Crippen LogP contribution in [0.3, 0.4) is 0 Å². The summed E-state index contributed by atoms with van der Waals surface area (Å²) in [6.45, 7) is 4.18. The van der Waals surface area contributed by atoms with Gasteiger partial charge in [-0.25, -0.2) is 4.98 Å². The molecule has 2 aliphatic rings. The number of hydrogen-bond acceptors (Lipinski definition) is 4. The lowest BCUT2D eigenvalue weighted by Crippen LogP contribution is -2.36. The van der Waals surface area contributed by atoms with Crippen molar-refractivity contribution in [2.24, 2.45) is 23.7 Å². The van der Waals surface area contributed by atoms with Crippen LogP contribution in [0.5, 0.6) is 0 Å². The van der Waals surface area contributed by atoms with Crippen LogP contribution in [0.1, 0.15) is 36.6 Å². The summed E-state index contributed by atoms with van der Waals surface area (Å²) >= 11 is 1.44. The minimum atomic E-state index is -0.888. The van der Waals surface area contributed by atoms with Gasteiger partial charge in [0.1, 0.15) is 0 Å². The first-order valence-electron chi connectivity index (χ1n) is 10.3. The molecule has 2 aromatic rings. The predicted molar refractivity (Wildman–Crippen MR) is 115 cm³/mol. The van der Waals surface area contributed by atoms with Gasteiger partial charge >= 0.3 is 5.97 Å². The number of hydrogen-bond donors (Lipinski definition) is 2. The van der Waals surface area contributed by atoms with E-state index in [4.69, 9.17) is 0 Å². The van der Waals surface area contributed by atoms with E-state index in [-0.39, 0.29) is 17.7 Å². The number of aliphatic carboxylic acids is 1. The number of nitrogens with zero attached hydrogens (tertiary/aromatic N) is 1. The average molecular weight is 411 g/mol. The van der Waals surface area contributed by atoms with Crippen molar-refractivity contribution < 1.29 is 14.7 Å². The van der Waals surface area contributed by atoms with Crippen molar-refractivity contribution in [3.8, 4) is 11.3 Å². The number of rotatable bonds is 7. The molecular formula is C23H26N2O3S. The zero-order chi connectivity index (χ0) is 20.5. The number of nitrogens with one attached hydrogen (secondary N) is 1. The van der Waals surface area contributed by atoms with Gasteiger partial charge < -0.3 is 10.4 Å². The monoisotopic (exact) mass is 410 g/mol. The Balaban J connectivity index is 1.49. The number of aryl methyl sites for hydroxylation is 2. The van der Waals surface area contributed by atoms with Gasteiger partial charge in [-0.05, 0) is 43.6 Å². The fraction of sp³-hybridized carbons (Fsp3) is 0.435. The van der Waals surface area contributed by atoms with Gasteiger partial charge in [-0.3, -0.25) is 9.59 Å². The van der Waals surface area contributed by atoms with Gasteiger partial charge in [-0.2, -0.15) is 0 Å². The Morgan fingerprint density at radius 2 is 1.86 bits per heavy atom. The molecule has 0 unspecified atom stereocenters. The summed E-state index contributed by atoms with van der Waals surface area (Å²) in [5, 5.41) is 13.0. The first-order valence-corrected chi connectivity index (χ1v) is 11.1. The molecule has 152 valence electrons. The number of thiazole rings is 1. The van der Waals surface area contributed by atoms with Gasteiger partial charge in [-0.1, -0.05) is 49.8 Å². The summed E-state index contributed by atoms with van der Waals surface area (Å²) in [5.41, 5.74) is 3.22. The first kappa shape index (κ1) is 19.8. The lowest BCUT2D eigenvalue weighted by Gasteiger charge is -2.23. The maximum atomic E-state index is 12.9. The van der Waals surface area contributed by atoms with Crippen LogP contribution in [0, 0.1) is 30.6 Å². The molecule has 1 amide bonds. The highest BCUT2D eigenvalue weighted by molar-refractivity contribution is 7.16. The molecule has 2 aliphatic carbocycles. The van der Waals surface area contributed by atoms with E-state index in [2.05, 4.69) is 41.5 Å². The zero-order valence-corrected chi connectivity index (χ0v) is 17.5. The van der Waals surface area contributed by atoms with Crippen LogP contribution in [-0.4, -0.2) is 22.0 Å². The molecule has 1 saturated carbocycles. The Hall–Kier alpha value is -2.47. The van der Waals surface area contributed by atoms with Crippen LogP contribution in [-0.2, 0) is 16.0 Å². The Bertz CT molecular complexity index is 948. The summed E-state index contributed by atoms with van der Waals surface area (Å²) in [6, 6.07) is 8.45. The van der Waals surface area contributed by atoms with Crippen LogP contribution in [0.25, 0.3) is 11.3 Å². The molecule has 2 bridgehead atoms. The number of unbranched alkanes of at least 4 members (excludes halogenated alkanes) is 1. The molecule has 5 nitrogen and oxygen atoms in total. The van der Waals surface area contributed by atoms with Crippen molar-refractivity contribution in [3.05, 3.63) is 46.9 Å². The third kappa shape index (κ3) is 3.86. The molecule has 1 aromatic carbocycles. The van der Waals surface area contributed by atoms with E-state index in [1.54, 1.807) is 0 Å². The van der Waals surface area contributed by atoms with Crippen molar-refractivity contribution in [1.82, 2.24) is 4.98 Å². The summed E-state index contributed by atoms with van der Waals surface area (Å²) in [6.07, 6.45) is 8.13. The number of amides is 1. The number of carbonyl (C=O) groups excluding carboxylic acids is 1. The minimum absolute atomic E-state index is 0.0114. The lowest BCUT2D eigenvalue weighted by atomic mass is 9.82. The number of fused-ring (bicyclic) bond motifs is 2. The Morgan fingerprint density at radius 1 is 1.17 bits per heavy atom. The van der Waals surface area contributed by atoms with Gasteiger partial charge in [0, 0.05) is 10.4 Å². The summed E-state index contributed by atoms with van der Waals surface area (Å²) in [7, 11) is 0. The molecule has 4 rings (SSSR count). The smallest absolute Gasteiger partial charge is 0.307 e. The predicted octanol–water partition coefficient (Wildman–Crippen LogP) is 4.92. The molecule has 2 N–H and O–H groups in total. The van der Waals surface area contributed by atoms with E-state index < -0.39 is 17.8 Å². The highest BCUT2D eigenvalue weighted by Crippen LogP contribution is 2.48. The molecule has 29 heavy (non-hydrogen) atoms.